The second-order valence-electron chi connectivity index (χ2n) is 2.17. The van der Waals surface area contributed by atoms with Crippen molar-refractivity contribution in [3.63, 3.8) is 0 Å². The summed E-state index contributed by atoms with van der Waals surface area (Å²) in [4.78, 5) is 3.09. The highest BCUT2D eigenvalue weighted by atomic mass is 19.4. The Hall–Kier alpha value is -1.71. The highest BCUT2D eigenvalue weighted by molar-refractivity contribution is 5.26. The number of hydrogen-bond acceptors (Lipinski definition) is 4. The van der Waals surface area contributed by atoms with Gasteiger partial charge in [-0.3, -0.25) is 0 Å². The lowest BCUT2D eigenvalue weighted by molar-refractivity contribution is -0.141. The molecule has 15 heavy (non-hydrogen) atoms. The highest BCUT2D eigenvalue weighted by Gasteiger charge is 2.37. The van der Waals surface area contributed by atoms with Gasteiger partial charge in [0.25, 0.3) is 0 Å². The van der Waals surface area contributed by atoms with Gasteiger partial charge in [0, 0.05) is 0 Å². The fraction of sp³-hybridized carbons (Fsp3) is 0.500. The van der Waals surface area contributed by atoms with Crippen molar-refractivity contribution in [2.24, 2.45) is 0 Å². The lowest BCUT2D eigenvalue weighted by atomic mass is 10.3. The minimum atomic E-state index is -4.66. The normalized spacial score (nSPS) is 9.93. The molecule has 1 aromatic rings. The zero-order chi connectivity index (χ0) is 12.1. The van der Waals surface area contributed by atoms with Crippen molar-refractivity contribution in [1.29, 1.82) is 5.26 Å². The zero-order valence-corrected chi connectivity index (χ0v) is 8.42. The van der Waals surface area contributed by atoms with Gasteiger partial charge in [-0.15, -0.1) is 10.2 Å². The molecule has 1 rings (SSSR count). The summed E-state index contributed by atoms with van der Waals surface area (Å²) in [6.45, 7) is 5.27. The first-order valence-corrected chi connectivity index (χ1v) is 4.13. The molecule has 0 amide bonds. The van der Waals surface area contributed by atoms with E-state index in [2.05, 4.69) is 15.2 Å². The van der Waals surface area contributed by atoms with Crippen molar-refractivity contribution in [3.8, 4) is 6.07 Å². The van der Waals surface area contributed by atoms with Gasteiger partial charge < -0.3 is 0 Å². The standard InChI is InChI=1S/C6H3F3N4.C2H6/c1-3-11-5(6(7,8)9)4(2-10)13-12-3;1-2/h1H3;1-2H3. The summed E-state index contributed by atoms with van der Waals surface area (Å²) in [5.74, 6) is -0.119. The molecule has 0 fully saturated rings. The van der Waals surface area contributed by atoms with Crippen LogP contribution in [-0.2, 0) is 6.18 Å². The molecule has 0 atom stereocenters. The average Bonchev–Trinajstić information content (AvgIpc) is 2.19. The SMILES string of the molecule is CC.Cc1nnc(C#N)c(C(F)(F)F)n1. The zero-order valence-electron chi connectivity index (χ0n) is 8.42. The van der Waals surface area contributed by atoms with Crippen LogP contribution in [0, 0.1) is 18.3 Å². The van der Waals surface area contributed by atoms with E-state index < -0.39 is 17.6 Å². The van der Waals surface area contributed by atoms with Crippen LogP contribution in [0.2, 0.25) is 0 Å². The van der Waals surface area contributed by atoms with Gasteiger partial charge in [0.15, 0.2) is 11.4 Å². The Kier molecular flexibility index (Phi) is 4.64. The summed E-state index contributed by atoms with van der Waals surface area (Å²) >= 11 is 0. The van der Waals surface area contributed by atoms with E-state index in [1.807, 2.05) is 13.8 Å². The number of alkyl halides is 3. The highest BCUT2D eigenvalue weighted by Crippen LogP contribution is 2.28. The molecule has 4 nitrogen and oxygen atoms in total. The number of aryl methyl sites for hydroxylation is 1. The van der Waals surface area contributed by atoms with Crippen LogP contribution in [-0.4, -0.2) is 15.2 Å². The van der Waals surface area contributed by atoms with Gasteiger partial charge >= 0.3 is 6.18 Å². The molecule has 1 aromatic heterocycles. The van der Waals surface area contributed by atoms with E-state index in [0.717, 1.165) is 0 Å². The molecule has 0 saturated heterocycles. The lowest BCUT2D eigenvalue weighted by Crippen LogP contribution is -2.14. The summed E-state index contributed by atoms with van der Waals surface area (Å²) in [6.07, 6.45) is -4.66. The fourth-order valence-corrected chi connectivity index (χ4v) is 0.680. The van der Waals surface area contributed by atoms with Crippen LogP contribution in [0.25, 0.3) is 0 Å². The van der Waals surface area contributed by atoms with Gasteiger partial charge in [-0.2, -0.15) is 18.4 Å². The van der Waals surface area contributed by atoms with Crippen molar-refractivity contribution in [2.45, 2.75) is 26.9 Å². The van der Waals surface area contributed by atoms with Crippen LogP contribution in [0.3, 0.4) is 0 Å². The van der Waals surface area contributed by atoms with Crippen LogP contribution in [0.4, 0.5) is 13.2 Å². The Bertz CT molecular complexity index is 367. The molecule has 0 aromatic carbocycles. The minimum absolute atomic E-state index is 0.119. The topological polar surface area (TPSA) is 62.5 Å². The Morgan fingerprint density at radius 3 is 2.13 bits per heavy atom. The van der Waals surface area contributed by atoms with Crippen LogP contribution >= 0.6 is 0 Å². The Morgan fingerprint density at radius 2 is 1.73 bits per heavy atom. The van der Waals surface area contributed by atoms with E-state index >= 15 is 0 Å². The average molecular weight is 218 g/mol. The molecule has 0 aliphatic rings. The first-order valence-electron chi connectivity index (χ1n) is 4.13. The summed E-state index contributed by atoms with van der Waals surface area (Å²) in [5.41, 5.74) is -2.10. The van der Waals surface area contributed by atoms with E-state index in [1.165, 1.54) is 13.0 Å². The number of aromatic nitrogens is 3. The first-order chi connectivity index (χ1) is 6.95. The first kappa shape index (κ1) is 13.3. The lowest BCUT2D eigenvalue weighted by Gasteiger charge is -2.05. The molecule has 7 heteroatoms. The number of hydrogen-bond donors (Lipinski definition) is 0. The van der Waals surface area contributed by atoms with E-state index in [-0.39, 0.29) is 5.82 Å². The van der Waals surface area contributed by atoms with Gasteiger partial charge in [-0.25, -0.2) is 4.98 Å². The number of halogens is 3. The molecule has 82 valence electrons. The maximum absolute atomic E-state index is 12.1. The van der Waals surface area contributed by atoms with Crippen LogP contribution in [0.1, 0.15) is 31.1 Å². The maximum atomic E-state index is 12.1. The monoisotopic (exact) mass is 218 g/mol. The third-order valence-electron chi connectivity index (χ3n) is 1.17. The smallest absolute Gasteiger partial charge is 0.224 e. The molecular weight excluding hydrogens is 209 g/mol. The molecule has 0 aliphatic carbocycles. The van der Waals surface area contributed by atoms with E-state index in [9.17, 15) is 13.2 Å². The van der Waals surface area contributed by atoms with Crippen molar-refractivity contribution >= 4 is 0 Å². The summed E-state index contributed by atoms with van der Waals surface area (Å²) in [5, 5.41) is 14.6. The van der Waals surface area contributed by atoms with Crippen LogP contribution in [0.5, 0.6) is 0 Å². The van der Waals surface area contributed by atoms with Gasteiger partial charge in [0.2, 0.25) is 0 Å². The predicted octanol–water partition coefficient (Wildman–Crippen LogP) is 2.10. The van der Waals surface area contributed by atoms with Crippen molar-refractivity contribution in [3.05, 3.63) is 17.2 Å². The summed E-state index contributed by atoms with van der Waals surface area (Å²) < 4.78 is 36.4. The molecule has 0 radical (unpaired) electrons. The Balaban J connectivity index is 0.000000921. The quantitative estimate of drug-likeness (QED) is 0.668. The molecular formula is C8H9F3N4. The second kappa shape index (κ2) is 5.24. The van der Waals surface area contributed by atoms with Crippen LogP contribution < -0.4 is 0 Å². The van der Waals surface area contributed by atoms with Gasteiger partial charge in [-0.1, -0.05) is 13.8 Å². The van der Waals surface area contributed by atoms with E-state index in [1.54, 1.807) is 0 Å². The summed E-state index contributed by atoms with van der Waals surface area (Å²) in [7, 11) is 0. The summed E-state index contributed by atoms with van der Waals surface area (Å²) in [6, 6.07) is 1.27. The second-order valence-corrected chi connectivity index (χ2v) is 2.17. The largest absolute Gasteiger partial charge is 0.436 e. The number of nitriles is 1. The molecule has 0 saturated carbocycles. The molecule has 0 unspecified atom stereocenters. The third kappa shape index (κ3) is 3.50. The molecule has 0 spiro atoms. The van der Waals surface area contributed by atoms with Crippen molar-refractivity contribution < 1.29 is 13.2 Å². The Morgan fingerprint density at radius 1 is 1.20 bits per heavy atom. The Labute approximate surface area is 84.8 Å². The van der Waals surface area contributed by atoms with Crippen LogP contribution in [0.15, 0.2) is 0 Å². The number of nitrogens with zero attached hydrogens (tertiary/aromatic N) is 4. The molecule has 0 bridgehead atoms. The molecule has 0 N–H and O–H groups in total. The fourth-order valence-electron chi connectivity index (χ4n) is 0.680. The minimum Gasteiger partial charge on any atom is -0.224 e. The van der Waals surface area contributed by atoms with E-state index in [0.29, 0.717) is 0 Å². The molecule has 1 heterocycles. The predicted molar refractivity (Wildman–Crippen MR) is 45.6 cm³/mol. The third-order valence-corrected chi connectivity index (χ3v) is 1.17. The maximum Gasteiger partial charge on any atom is 0.436 e. The van der Waals surface area contributed by atoms with Gasteiger partial charge in [-0.05, 0) is 6.92 Å². The molecule has 0 aliphatic heterocycles. The van der Waals surface area contributed by atoms with Crippen molar-refractivity contribution in [2.75, 3.05) is 0 Å². The van der Waals surface area contributed by atoms with Gasteiger partial charge in [0.1, 0.15) is 11.9 Å². The van der Waals surface area contributed by atoms with Gasteiger partial charge in [0.05, 0.1) is 0 Å². The van der Waals surface area contributed by atoms with Crippen molar-refractivity contribution in [1.82, 2.24) is 15.2 Å². The van der Waals surface area contributed by atoms with E-state index in [4.69, 9.17) is 5.26 Å². The number of rotatable bonds is 0.